The Bertz CT molecular complexity index is 1350. The molecule has 2 aliphatic heterocycles. The maximum Gasteiger partial charge on any atom is 0.325 e. The van der Waals surface area contributed by atoms with Gasteiger partial charge in [-0.2, -0.15) is 0 Å². The van der Waals surface area contributed by atoms with Crippen molar-refractivity contribution in [2.75, 3.05) is 16.8 Å². The number of carbonyl (C=O) groups excluding carboxylic acids is 4. The van der Waals surface area contributed by atoms with Gasteiger partial charge in [0.2, 0.25) is 11.8 Å². The zero-order chi connectivity index (χ0) is 24.0. The third-order valence-electron chi connectivity index (χ3n) is 6.52. The fourth-order valence-corrected chi connectivity index (χ4v) is 4.86. The molecule has 2 N–H and O–H groups in total. The molecule has 0 aliphatic carbocycles. The molecule has 5 rings (SSSR count). The Morgan fingerprint density at radius 3 is 2.53 bits per heavy atom. The number of hydrogen-bond acceptors (Lipinski definition) is 4. The van der Waals surface area contributed by atoms with Gasteiger partial charge in [-0.15, -0.1) is 0 Å². The molecular formula is C26H24N4O4. The molecule has 2 atom stereocenters. The molecule has 2 heterocycles. The van der Waals surface area contributed by atoms with Gasteiger partial charge >= 0.3 is 6.03 Å². The smallest absolute Gasteiger partial charge is 0.324 e. The summed E-state index contributed by atoms with van der Waals surface area (Å²) in [5.41, 5.74) is 0.415. The monoisotopic (exact) mass is 456 g/mol. The number of anilines is 2. The van der Waals surface area contributed by atoms with Crippen molar-refractivity contribution in [3.8, 4) is 0 Å². The summed E-state index contributed by atoms with van der Waals surface area (Å²) in [5.74, 6) is -1.14. The molecule has 0 spiro atoms. The van der Waals surface area contributed by atoms with Crippen molar-refractivity contribution in [3.05, 3.63) is 72.3 Å². The number of para-hydroxylation sites is 2. The van der Waals surface area contributed by atoms with Crippen LogP contribution in [-0.4, -0.2) is 41.2 Å². The van der Waals surface area contributed by atoms with Crippen LogP contribution in [-0.2, 0) is 19.9 Å². The molecule has 0 aromatic heterocycles. The molecule has 0 unspecified atom stereocenters. The molecule has 172 valence electrons. The second kappa shape index (κ2) is 7.98. The Balaban J connectivity index is 1.47. The standard InChI is InChI=1S/C26H24N4O4/c1-16-14-22(31)27-20-12-5-6-13-21(20)30(16)23(32)15-29-24(33)26(2,28-25(29)34)19-11-7-9-17-8-3-4-10-18(17)19/h3-13,16H,14-15H2,1-2H3,(H,27,31)(H,28,34)/t16-,26-/m0/s1. The van der Waals surface area contributed by atoms with Crippen LogP contribution in [0, 0.1) is 0 Å². The lowest BCUT2D eigenvalue weighted by Gasteiger charge is -2.29. The van der Waals surface area contributed by atoms with E-state index in [0.29, 0.717) is 16.9 Å². The SMILES string of the molecule is C[C@H]1CC(=O)Nc2ccccc2N1C(=O)CN1C(=O)N[C@@](C)(c2cccc3ccccc23)C1=O. The van der Waals surface area contributed by atoms with Crippen molar-refractivity contribution in [1.82, 2.24) is 10.2 Å². The Labute approximate surface area is 196 Å². The third kappa shape index (κ3) is 3.39. The summed E-state index contributed by atoms with van der Waals surface area (Å²) < 4.78 is 0. The first-order valence-corrected chi connectivity index (χ1v) is 11.1. The van der Waals surface area contributed by atoms with Crippen LogP contribution in [0.1, 0.15) is 25.8 Å². The average molecular weight is 457 g/mol. The molecule has 5 amide bonds. The second-order valence-electron chi connectivity index (χ2n) is 8.86. The highest BCUT2D eigenvalue weighted by Crippen LogP contribution is 2.35. The summed E-state index contributed by atoms with van der Waals surface area (Å²) in [6.07, 6.45) is 0.105. The Kier molecular flexibility index (Phi) is 5.08. The molecule has 0 bridgehead atoms. The lowest BCUT2D eigenvalue weighted by Crippen LogP contribution is -2.47. The second-order valence-corrected chi connectivity index (χ2v) is 8.86. The van der Waals surface area contributed by atoms with Gasteiger partial charge < -0.3 is 15.5 Å². The van der Waals surface area contributed by atoms with Crippen molar-refractivity contribution in [1.29, 1.82) is 0 Å². The summed E-state index contributed by atoms with van der Waals surface area (Å²) >= 11 is 0. The first-order chi connectivity index (χ1) is 16.3. The number of rotatable bonds is 3. The maximum atomic E-state index is 13.6. The zero-order valence-electron chi connectivity index (χ0n) is 18.9. The predicted octanol–water partition coefficient (Wildman–Crippen LogP) is 3.37. The normalized spacial score (nSPS) is 22.3. The highest BCUT2D eigenvalue weighted by atomic mass is 16.2. The molecule has 8 nitrogen and oxygen atoms in total. The number of hydrogen-bond donors (Lipinski definition) is 2. The van der Waals surface area contributed by atoms with E-state index in [4.69, 9.17) is 0 Å². The van der Waals surface area contributed by atoms with E-state index in [1.165, 1.54) is 4.90 Å². The van der Waals surface area contributed by atoms with E-state index in [2.05, 4.69) is 10.6 Å². The maximum absolute atomic E-state index is 13.6. The summed E-state index contributed by atoms with van der Waals surface area (Å²) in [5, 5.41) is 7.41. The van der Waals surface area contributed by atoms with Crippen LogP contribution in [0.3, 0.4) is 0 Å². The minimum absolute atomic E-state index is 0.105. The van der Waals surface area contributed by atoms with Gasteiger partial charge in [-0.1, -0.05) is 54.6 Å². The number of carbonyl (C=O) groups is 4. The Morgan fingerprint density at radius 1 is 1.00 bits per heavy atom. The first kappa shape index (κ1) is 21.6. The van der Waals surface area contributed by atoms with Gasteiger partial charge in [-0.3, -0.25) is 19.3 Å². The topological polar surface area (TPSA) is 98.8 Å². The summed E-state index contributed by atoms with van der Waals surface area (Å²) in [4.78, 5) is 54.6. The minimum Gasteiger partial charge on any atom is -0.324 e. The molecule has 3 aromatic rings. The average Bonchev–Trinajstić information content (AvgIpc) is 2.95. The van der Waals surface area contributed by atoms with Crippen molar-refractivity contribution < 1.29 is 19.2 Å². The van der Waals surface area contributed by atoms with Crippen molar-refractivity contribution in [2.45, 2.75) is 31.8 Å². The quantitative estimate of drug-likeness (QED) is 0.591. The van der Waals surface area contributed by atoms with Crippen LogP contribution in [0.15, 0.2) is 66.7 Å². The van der Waals surface area contributed by atoms with Gasteiger partial charge in [0, 0.05) is 12.5 Å². The molecule has 1 saturated heterocycles. The fraction of sp³-hybridized carbons (Fsp3) is 0.231. The van der Waals surface area contributed by atoms with Gasteiger partial charge in [-0.25, -0.2) is 4.79 Å². The molecule has 0 saturated carbocycles. The highest BCUT2D eigenvalue weighted by Gasteiger charge is 2.50. The van der Waals surface area contributed by atoms with E-state index in [-0.39, 0.29) is 12.3 Å². The van der Waals surface area contributed by atoms with Crippen LogP contribution in [0.5, 0.6) is 0 Å². The molecule has 3 aromatic carbocycles. The molecule has 0 radical (unpaired) electrons. The van der Waals surface area contributed by atoms with Gasteiger partial charge in [0.15, 0.2) is 0 Å². The molecule has 1 fully saturated rings. The predicted molar refractivity (Wildman–Crippen MR) is 128 cm³/mol. The van der Waals surface area contributed by atoms with Crippen LogP contribution in [0.4, 0.5) is 16.2 Å². The number of fused-ring (bicyclic) bond motifs is 2. The lowest BCUT2D eigenvalue weighted by atomic mass is 9.88. The number of imide groups is 1. The minimum atomic E-state index is -1.31. The Morgan fingerprint density at radius 2 is 1.71 bits per heavy atom. The first-order valence-electron chi connectivity index (χ1n) is 11.1. The van der Waals surface area contributed by atoms with Crippen LogP contribution in [0.2, 0.25) is 0 Å². The van der Waals surface area contributed by atoms with Gasteiger partial charge in [0.1, 0.15) is 12.1 Å². The summed E-state index contributed by atoms with van der Waals surface area (Å²) in [6.45, 7) is 3.00. The third-order valence-corrected chi connectivity index (χ3v) is 6.52. The Hall–Kier alpha value is -4.20. The van der Waals surface area contributed by atoms with Crippen molar-refractivity contribution in [3.63, 3.8) is 0 Å². The number of nitrogens with zero attached hydrogens (tertiary/aromatic N) is 2. The van der Waals surface area contributed by atoms with Crippen LogP contribution < -0.4 is 15.5 Å². The van der Waals surface area contributed by atoms with Crippen molar-refractivity contribution >= 4 is 45.9 Å². The van der Waals surface area contributed by atoms with E-state index < -0.39 is 36.0 Å². The molecule has 2 aliphatic rings. The number of urea groups is 1. The number of benzene rings is 3. The van der Waals surface area contributed by atoms with E-state index >= 15 is 0 Å². The van der Waals surface area contributed by atoms with Crippen molar-refractivity contribution in [2.24, 2.45) is 0 Å². The van der Waals surface area contributed by atoms with Gasteiger partial charge in [0.25, 0.3) is 5.91 Å². The molecule has 34 heavy (non-hydrogen) atoms. The number of nitrogens with one attached hydrogen (secondary N) is 2. The van der Waals surface area contributed by atoms with E-state index in [0.717, 1.165) is 15.7 Å². The van der Waals surface area contributed by atoms with E-state index in [1.54, 1.807) is 38.1 Å². The van der Waals surface area contributed by atoms with E-state index in [1.807, 2.05) is 42.5 Å². The van der Waals surface area contributed by atoms with E-state index in [9.17, 15) is 19.2 Å². The highest BCUT2D eigenvalue weighted by molar-refractivity contribution is 6.13. The summed E-state index contributed by atoms with van der Waals surface area (Å²) in [7, 11) is 0. The summed E-state index contributed by atoms with van der Waals surface area (Å²) in [6, 6.07) is 19.2. The molecular weight excluding hydrogens is 432 g/mol. The zero-order valence-corrected chi connectivity index (χ0v) is 18.9. The van der Waals surface area contributed by atoms with Crippen LogP contribution in [0.25, 0.3) is 10.8 Å². The number of amides is 5. The fourth-order valence-electron chi connectivity index (χ4n) is 4.86. The van der Waals surface area contributed by atoms with Gasteiger partial charge in [0.05, 0.1) is 11.4 Å². The molecule has 8 heteroatoms. The van der Waals surface area contributed by atoms with Gasteiger partial charge in [-0.05, 0) is 42.3 Å². The largest absolute Gasteiger partial charge is 0.325 e. The lowest BCUT2D eigenvalue weighted by molar-refractivity contribution is -0.134. The van der Waals surface area contributed by atoms with Crippen LogP contribution >= 0.6 is 0 Å².